The summed E-state index contributed by atoms with van der Waals surface area (Å²) in [7, 11) is 0. The zero-order valence-electron chi connectivity index (χ0n) is 8.89. The highest BCUT2D eigenvalue weighted by Crippen LogP contribution is 2.32. The molecule has 1 aliphatic heterocycles. The van der Waals surface area contributed by atoms with Crippen LogP contribution in [0.2, 0.25) is 0 Å². The Morgan fingerprint density at radius 1 is 1.67 bits per heavy atom. The van der Waals surface area contributed by atoms with Crippen molar-refractivity contribution in [3.05, 3.63) is 21.9 Å². The van der Waals surface area contributed by atoms with Crippen LogP contribution in [-0.4, -0.2) is 40.9 Å². The molecule has 84 valence electrons. The summed E-state index contributed by atoms with van der Waals surface area (Å²) in [4.78, 5) is 3.70. The number of aliphatic hydroxyl groups is 2. The van der Waals surface area contributed by atoms with E-state index in [-0.39, 0.29) is 6.61 Å². The van der Waals surface area contributed by atoms with E-state index in [0.29, 0.717) is 12.6 Å². The quantitative estimate of drug-likeness (QED) is 0.810. The van der Waals surface area contributed by atoms with E-state index in [1.807, 2.05) is 11.3 Å². The minimum Gasteiger partial charge on any atom is -0.394 e. The predicted molar refractivity (Wildman–Crippen MR) is 61.1 cm³/mol. The van der Waals surface area contributed by atoms with Crippen LogP contribution >= 0.6 is 11.3 Å². The fourth-order valence-electron chi connectivity index (χ4n) is 2.14. The molecule has 0 bridgehead atoms. The average molecular weight is 227 g/mol. The highest BCUT2D eigenvalue weighted by Gasteiger charge is 2.25. The number of nitrogens with zero attached hydrogens (tertiary/aromatic N) is 1. The molecule has 4 heteroatoms. The van der Waals surface area contributed by atoms with E-state index in [9.17, 15) is 5.11 Å². The van der Waals surface area contributed by atoms with E-state index in [1.165, 1.54) is 10.4 Å². The molecule has 0 aliphatic carbocycles. The zero-order chi connectivity index (χ0) is 10.8. The van der Waals surface area contributed by atoms with Gasteiger partial charge in [0.2, 0.25) is 0 Å². The van der Waals surface area contributed by atoms with E-state index in [4.69, 9.17) is 5.11 Å². The second kappa shape index (κ2) is 4.61. The van der Waals surface area contributed by atoms with Crippen LogP contribution in [0.3, 0.4) is 0 Å². The molecule has 3 nitrogen and oxygen atoms in total. The number of rotatable bonds is 3. The van der Waals surface area contributed by atoms with Crippen LogP contribution in [0.1, 0.15) is 23.4 Å². The van der Waals surface area contributed by atoms with Crippen molar-refractivity contribution in [1.82, 2.24) is 4.90 Å². The largest absolute Gasteiger partial charge is 0.394 e. The summed E-state index contributed by atoms with van der Waals surface area (Å²) in [6, 6.07) is 2.53. The van der Waals surface area contributed by atoms with Crippen LogP contribution in [-0.2, 0) is 6.42 Å². The molecule has 0 spiro atoms. The summed E-state index contributed by atoms with van der Waals surface area (Å²) >= 11 is 1.82. The van der Waals surface area contributed by atoms with Crippen molar-refractivity contribution in [2.75, 3.05) is 19.7 Å². The van der Waals surface area contributed by atoms with Gasteiger partial charge in [0.15, 0.2) is 0 Å². The maximum Gasteiger partial charge on any atom is 0.0897 e. The molecule has 2 atom stereocenters. The number of β-amino-alcohol motifs (C(OH)–C–C–N with tert-alkyl or cyclic N) is 1. The van der Waals surface area contributed by atoms with Crippen LogP contribution in [0.5, 0.6) is 0 Å². The topological polar surface area (TPSA) is 43.7 Å². The molecule has 0 radical (unpaired) electrons. The lowest BCUT2D eigenvalue weighted by Crippen LogP contribution is -2.39. The molecular formula is C11H17NO2S. The van der Waals surface area contributed by atoms with E-state index < -0.39 is 6.10 Å². The predicted octanol–water partition coefficient (Wildman–Crippen LogP) is 1.02. The Morgan fingerprint density at radius 2 is 2.47 bits per heavy atom. The average Bonchev–Trinajstić information content (AvgIpc) is 2.70. The van der Waals surface area contributed by atoms with Crippen molar-refractivity contribution in [2.45, 2.75) is 25.5 Å². The van der Waals surface area contributed by atoms with Crippen LogP contribution in [0.4, 0.5) is 0 Å². The molecule has 0 amide bonds. The maximum atomic E-state index is 9.44. The maximum absolute atomic E-state index is 9.44. The minimum atomic E-state index is -0.618. The molecule has 2 heterocycles. The van der Waals surface area contributed by atoms with Gasteiger partial charge in [0.05, 0.1) is 12.7 Å². The highest BCUT2D eigenvalue weighted by atomic mass is 32.1. The Hall–Kier alpha value is -0.420. The Bertz CT molecular complexity index is 326. The molecule has 1 aromatic rings. The SMILES string of the molecule is CC1c2ccsc2CCN1CC(O)CO. The lowest BCUT2D eigenvalue weighted by Gasteiger charge is -2.34. The van der Waals surface area contributed by atoms with E-state index in [1.54, 1.807) is 0 Å². The van der Waals surface area contributed by atoms with Crippen LogP contribution in [0, 0.1) is 0 Å². The molecule has 1 aliphatic rings. The first-order valence-electron chi connectivity index (χ1n) is 5.31. The van der Waals surface area contributed by atoms with Crippen molar-refractivity contribution in [2.24, 2.45) is 0 Å². The summed E-state index contributed by atoms with van der Waals surface area (Å²) in [6.07, 6.45) is 0.447. The van der Waals surface area contributed by atoms with Gasteiger partial charge in [-0.25, -0.2) is 0 Å². The Balaban J connectivity index is 2.06. The normalized spacial score (nSPS) is 23.8. The Morgan fingerprint density at radius 3 is 3.20 bits per heavy atom. The second-order valence-electron chi connectivity index (χ2n) is 4.06. The first-order valence-corrected chi connectivity index (χ1v) is 6.19. The molecule has 0 aromatic carbocycles. The smallest absolute Gasteiger partial charge is 0.0897 e. The van der Waals surface area contributed by atoms with Crippen molar-refractivity contribution >= 4 is 11.3 Å². The van der Waals surface area contributed by atoms with Gasteiger partial charge in [-0.3, -0.25) is 4.90 Å². The number of hydrogen-bond donors (Lipinski definition) is 2. The number of thiophene rings is 1. The molecule has 0 fully saturated rings. The molecule has 2 rings (SSSR count). The number of aliphatic hydroxyl groups excluding tert-OH is 2. The van der Waals surface area contributed by atoms with Gasteiger partial charge in [0, 0.05) is 24.0 Å². The molecule has 0 saturated carbocycles. The van der Waals surface area contributed by atoms with E-state index in [2.05, 4.69) is 23.3 Å². The Labute approximate surface area is 94.0 Å². The second-order valence-corrected chi connectivity index (χ2v) is 5.06. The van der Waals surface area contributed by atoms with Gasteiger partial charge in [-0.15, -0.1) is 11.3 Å². The molecule has 15 heavy (non-hydrogen) atoms. The minimum absolute atomic E-state index is 0.153. The van der Waals surface area contributed by atoms with E-state index in [0.717, 1.165) is 13.0 Å². The van der Waals surface area contributed by atoms with Gasteiger partial charge in [-0.2, -0.15) is 0 Å². The van der Waals surface area contributed by atoms with Crippen LogP contribution in [0.25, 0.3) is 0 Å². The highest BCUT2D eigenvalue weighted by molar-refractivity contribution is 7.10. The summed E-state index contributed by atoms with van der Waals surface area (Å²) < 4.78 is 0. The Kier molecular flexibility index (Phi) is 3.41. The third-order valence-electron chi connectivity index (χ3n) is 3.06. The lowest BCUT2D eigenvalue weighted by molar-refractivity contribution is 0.0445. The number of hydrogen-bond acceptors (Lipinski definition) is 4. The molecule has 2 N–H and O–H groups in total. The van der Waals surface area contributed by atoms with Crippen LogP contribution < -0.4 is 0 Å². The first kappa shape index (κ1) is 11.1. The van der Waals surface area contributed by atoms with Crippen molar-refractivity contribution in [3.8, 4) is 0 Å². The summed E-state index contributed by atoms with van der Waals surface area (Å²) in [6.45, 7) is 3.55. The van der Waals surface area contributed by atoms with Gasteiger partial charge < -0.3 is 10.2 Å². The molecule has 0 saturated heterocycles. The third kappa shape index (κ3) is 2.23. The fraction of sp³-hybridized carbons (Fsp3) is 0.636. The van der Waals surface area contributed by atoms with E-state index >= 15 is 0 Å². The van der Waals surface area contributed by atoms with Crippen molar-refractivity contribution in [3.63, 3.8) is 0 Å². The molecule has 2 unspecified atom stereocenters. The van der Waals surface area contributed by atoms with Crippen molar-refractivity contribution < 1.29 is 10.2 Å². The van der Waals surface area contributed by atoms with Gasteiger partial charge in [-0.1, -0.05) is 0 Å². The van der Waals surface area contributed by atoms with Crippen molar-refractivity contribution in [1.29, 1.82) is 0 Å². The summed E-state index contributed by atoms with van der Waals surface area (Å²) in [5.41, 5.74) is 1.39. The fourth-order valence-corrected chi connectivity index (χ4v) is 3.10. The van der Waals surface area contributed by atoms with Gasteiger partial charge in [0.1, 0.15) is 0 Å². The standard InChI is InChI=1S/C11H17NO2S/c1-8-10-3-5-15-11(10)2-4-12(8)6-9(14)7-13/h3,5,8-9,13-14H,2,4,6-7H2,1H3. The summed E-state index contributed by atoms with van der Waals surface area (Å²) in [5, 5.41) is 20.4. The number of fused-ring (bicyclic) bond motifs is 1. The monoisotopic (exact) mass is 227 g/mol. The third-order valence-corrected chi connectivity index (χ3v) is 4.06. The molecule has 1 aromatic heterocycles. The summed E-state index contributed by atoms with van der Waals surface area (Å²) in [5.74, 6) is 0. The van der Waals surface area contributed by atoms with Crippen LogP contribution in [0.15, 0.2) is 11.4 Å². The first-order chi connectivity index (χ1) is 7.22. The van der Waals surface area contributed by atoms with Gasteiger partial charge in [-0.05, 0) is 30.4 Å². The zero-order valence-corrected chi connectivity index (χ0v) is 9.70. The van der Waals surface area contributed by atoms with Gasteiger partial charge >= 0.3 is 0 Å². The molecular weight excluding hydrogens is 210 g/mol. The van der Waals surface area contributed by atoms with Gasteiger partial charge in [0.25, 0.3) is 0 Å². The lowest BCUT2D eigenvalue weighted by atomic mass is 10.0.